The van der Waals surface area contributed by atoms with Crippen LogP contribution in [0.25, 0.3) is 0 Å². The number of benzene rings is 1. The van der Waals surface area contributed by atoms with Crippen molar-refractivity contribution in [2.75, 3.05) is 0 Å². The largest absolute Gasteiger partial charge is 0.349 e. The Morgan fingerprint density at radius 3 is 2.43 bits per heavy atom. The van der Waals surface area contributed by atoms with Gasteiger partial charge < -0.3 is 5.32 Å². The number of primary sulfonamides is 1. The molecule has 0 heterocycles. The number of nitrogens with one attached hydrogen (secondary N) is 1. The highest BCUT2D eigenvalue weighted by atomic mass is 35.5. The van der Waals surface area contributed by atoms with Gasteiger partial charge in [-0.15, -0.1) is 0 Å². The van der Waals surface area contributed by atoms with Gasteiger partial charge in [-0.05, 0) is 25.0 Å². The van der Waals surface area contributed by atoms with Gasteiger partial charge in [-0.3, -0.25) is 4.79 Å². The lowest BCUT2D eigenvalue weighted by atomic mass is 10.1. The van der Waals surface area contributed by atoms with E-state index in [0.29, 0.717) is 0 Å². The number of halogens is 2. The predicted octanol–water partition coefficient (Wildman–Crippen LogP) is 2.95. The molecular weight excluding hydrogens is 335 g/mol. The number of amides is 1. The molecular formula is C13H18Cl2N2O3S. The molecule has 1 aromatic rings. The molecule has 0 aromatic heterocycles. The molecule has 1 amide bonds. The van der Waals surface area contributed by atoms with Crippen LogP contribution in [0, 0.1) is 0 Å². The van der Waals surface area contributed by atoms with Gasteiger partial charge in [0.15, 0.2) is 0 Å². The predicted molar refractivity (Wildman–Crippen MR) is 84.3 cm³/mol. The van der Waals surface area contributed by atoms with Crippen molar-refractivity contribution in [3.63, 3.8) is 0 Å². The molecule has 8 heteroatoms. The minimum Gasteiger partial charge on any atom is -0.349 e. The first-order valence-corrected chi connectivity index (χ1v) is 8.83. The topological polar surface area (TPSA) is 89.3 Å². The molecule has 3 N–H and O–H groups in total. The number of hydrogen-bond acceptors (Lipinski definition) is 3. The maximum Gasteiger partial charge on any atom is 0.253 e. The number of sulfonamides is 1. The van der Waals surface area contributed by atoms with Crippen molar-refractivity contribution in [3.05, 3.63) is 27.7 Å². The van der Waals surface area contributed by atoms with E-state index in [0.717, 1.165) is 25.3 Å². The first kappa shape index (κ1) is 18.2. The van der Waals surface area contributed by atoms with Gasteiger partial charge in [-0.25, -0.2) is 13.6 Å². The first-order chi connectivity index (χ1) is 9.70. The van der Waals surface area contributed by atoms with Crippen LogP contribution in [0.3, 0.4) is 0 Å². The summed E-state index contributed by atoms with van der Waals surface area (Å²) in [5.41, 5.74) is 0.00254. The molecule has 0 aliphatic heterocycles. The summed E-state index contributed by atoms with van der Waals surface area (Å²) in [6.45, 7) is 3.97. The Morgan fingerprint density at radius 1 is 1.33 bits per heavy atom. The van der Waals surface area contributed by atoms with E-state index in [1.54, 1.807) is 0 Å². The molecule has 1 aromatic carbocycles. The van der Waals surface area contributed by atoms with E-state index in [2.05, 4.69) is 5.32 Å². The van der Waals surface area contributed by atoms with Gasteiger partial charge in [-0.2, -0.15) is 0 Å². The number of carbonyl (C=O) groups excluding carboxylic acids is 1. The van der Waals surface area contributed by atoms with Crippen molar-refractivity contribution < 1.29 is 13.2 Å². The number of rotatable bonds is 6. The highest BCUT2D eigenvalue weighted by molar-refractivity contribution is 7.89. The van der Waals surface area contributed by atoms with E-state index in [-0.39, 0.29) is 26.5 Å². The monoisotopic (exact) mass is 352 g/mol. The lowest BCUT2D eigenvalue weighted by Gasteiger charge is -2.17. The lowest BCUT2D eigenvalue weighted by Crippen LogP contribution is -2.34. The van der Waals surface area contributed by atoms with E-state index in [9.17, 15) is 13.2 Å². The van der Waals surface area contributed by atoms with Crippen molar-refractivity contribution >= 4 is 39.1 Å². The summed E-state index contributed by atoms with van der Waals surface area (Å²) >= 11 is 11.8. The van der Waals surface area contributed by atoms with Gasteiger partial charge in [0.25, 0.3) is 5.91 Å². The molecule has 118 valence electrons. The fourth-order valence-electron chi connectivity index (χ4n) is 1.93. The zero-order valence-corrected chi connectivity index (χ0v) is 14.1. The van der Waals surface area contributed by atoms with Gasteiger partial charge in [0.2, 0.25) is 10.0 Å². The molecule has 1 rings (SSSR count). The Bertz CT molecular complexity index is 633. The van der Waals surface area contributed by atoms with Crippen molar-refractivity contribution in [2.45, 2.75) is 44.0 Å². The van der Waals surface area contributed by atoms with E-state index in [1.165, 1.54) is 6.07 Å². The minimum atomic E-state index is -4.05. The molecule has 0 saturated heterocycles. The molecule has 0 aliphatic carbocycles. The fraction of sp³-hybridized carbons (Fsp3) is 0.462. The van der Waals surface area contributed by atoms with Crippen LogP contribution in [0.15, 0.2) is 17.0 Å². The standard InChI is InChI=1S/C13H18Cl2N2O3S/c1-3-5-9(4-2)17-13(18)10-6-8(14)7-11(12(10)15)21(16,19)20/h6-7,9H,3-5H2,1-2H3,(H,17,18)(H2,16,19,20). The van der Waals surface area contributed by atoms with Crippen LogP contribution in [-0.2, 0) is 10.0 Å². The molecule has 0 saturated carbocycles. The van der Waals surface area contributed by atoms with Crippen LogP contribution in [0.5, 0.6) is 0 Å². The summed E-state index contributed by atoms with van der Waals surface area (Å²) in [7, 11) is -4.05. The molecule has 1 unspecified atom stereocenters. The number of nitrogens with two attached hydrogens (primary N) is 1. The zero-order chi connectivity index (χ0) is 16.2. The maximum atomic E-state index is 12.3. The summed E-state index contributed by atoms with van der Waals surface area (Å²) in [4.78, 5) is 11.9. The van der Waals surface area contributed by atoms with E-state index >= 15 is 0 Å². The van der Waals surface area contributed by atoms with Crippen LogP contribution in [0.2, 0.25) is 10.0 Å². The average Bonchev–Trinajstić information content (AvgIpc) is 2.39. The second-order valence-corrected chi connectivity index (χ2v) is 7.02. The Labute approximate surface area is 134 Å². The molecule has 0 radical (unpaired) electrons. The Morgan fingerprint density at radius 2 is 1.95 bits per heavy atom. The number of hydrogen-bond donors (Lipinski definition) is 2. The molecule has 0 spiro atoms. The maximum absolute atomic E-state index is 12.3. The van der Waals surface area contributed by atoms with Gasteiger partial charge in [0.1, 0.15) is 4.90 Å². The normalized spacial score (nSPS) is 13.0. The average molecular weight is 353 g/mol. The Hall–Kier alpha value is -0.820. The molecule has 0 aliphatic rings. The van der Waals surface area contributed by atoms with Crippen molar-refractivity contribution in [1.82, 2.24) is 5.32 Å². The molecule has 21 heavy (non-hydrogen) atoms. The summed E-state index contributed by atoms with van der Waals surface area (Å²) in [6.07, 6.45) is 2.51. The summed E-state index contributed by atoms with van der Waals surface area (Å²) in [5, 5.41) is 7.74. The molecule has 1 atom stereocenters. The van der Waals surface area contributed by atoms with Crippen molar-refractivity contribution in [1.29, 1.82) is 0 Å². The smallest absolute Gasteiger partial charge is 0.253 e. The third-order valence-electron chi connectivity index (χ3n) is 3.02. The first-order valence-electron chi connectivity index (χ1n) is 6.53. The lowest BCUT2D eigenvalue weighted by molar-refractivity contribution is 0.0933. The number of carbonyl (C=O) groups is 1. The van der Waals surface area contributed by atoms with Crippen molar-refractivity contribution in [3.8, 4) is 0 Å². The van der Waals surface area contributed by atoms with Gasteiger partial charge in [0, 0.05) is 11.1 Å². The third kappa shape index (κ3) is 4.85. The quantitative estimate of drug-likeness (QED) is 0.824. The van der Waals surface area contributed by atoms with Crippen LogP contribution >= 0.6 is 23.2 Å². The second-order valence-electron chi connectivity index (χ2n) is 4.68. The van der Waals surface area contributed by atoms with E-state index in [4.69, 9.17) is 28.3 Å². The minimum absolute atomic E-state index is 0.00254. The highest BCUT2D eigenvalue weighted by Gasteiger charge is 2.22. The van der Waals surface area contributed by atoms with Crippen LogP contribution in [0.1, 0.15) is 43.5 Å². The van der Waals surface area contributed by atoms with E-state index in [1.807, 2.05) is 13.8 Å². The van der Waals surface area contributed by atoms with Crippen LogP contribution in [0.4, 0.5) is 0 Å². The summed E-state index contributed by atoms with van der Waals surface area (Å²) in [5.74, 6) is -0.465. The highest BCUT2D eigenvalue weighted by Crippen LogP contribution is 2.28. The Kier molecular flexibility index (Phi) is 6.46. The van der Waals surface area contributed by atoms with Crippen LogP contribution < -0.4 is 10.5 Å². The third-order valence-corrected chi connectivity index (χ3v) is 4.69. The molecule has 5 nitrogen and oxygen atoms in total. The van der Waals surface area contributed by atoms with Crippen LogP contribution in [-0.4, -0.2) is 20.4 Å². The van der Waals surface area contributed by atoms with Crippen molar-refractivity contribution in [2.24, 2.45) is 5.14 Å². The van der Waals surface area contributed by atoms with Gasteiger partial charge in [-0.1, -0.05) is 43.5 Å². The Balaban J connectivity index is 3.19. The summed E-state index contributed by atoms with van der Waals surface area (Å²) in [6, 6.07) is 2.45. The fourth-order valence-corrected chi connectivity index (χ4v) is 3.38. The molecule has 0 bridgehead atoms. The second kappa shape index (κ2) is 7.45. The molecule has 0 fully saturated rings. The van der Waals surface area contributed by atoms with E-state index < -0.39 is 15.9 Å². The van der Waals surface area contributed by atoms with Gasteiger partial charge >= 0.3 is 0 Å². The van der Waals surface area contributed by atoms with Gasteiger partial charge in [0.05, 0.1) is 10.6 Å². The summed E-state index contributed by atoms with van der Waals surface area (Å²) < 4.78 is 22.9. The zero-order valence-electron chi connectivity index (χ0n) is 11.8. The SMILES string of the molecule is CCCC(CC)NC(=O)c1cc(Cl)cc(S(N)(=O)=O)c1Cl.